The van der Waals surface area contributed by atoms with Gasteiger partial charge in [0.2, 0.25) is 0 Å². The second-order valence-electron chi connectivity index (χ2n) is 4.34. The topological polar surface area (TPSA) is 21.3 Å². The van der Waals surface area contributed by atoms with Crippen molar-refractivity contribution in [3.63, 3.8) is 0 Å². The van der Waals surface area contributed by atoms with Crippen LogP contribution in [0.4, 0.5) is 0 Å². The average molecular weight is 235 g/mol. The molecule has 1 N–H and O–H groups in total. The van der Waals surface area contributed by atoms with Crippen LogP contribution in [-0.2, 0) is 6.54 Å². The first-order valence-electron chi connectivity index (χ1n) is 6.77. The molecule has 0 atom stereocenters. The number of hydrogen-bond donors (Lipinski definition) is 1. The number of hydrogen-bond acceptors (Lipinski definition) is 2. The Hall–Kier alpha value is -1.02. The first kappa shape index (κ1) is 14.0. The van der Waals surface area contributed by atoms with Gasteiger partial charge in [0.05, 0.1) is 6.10 Å². The predicted molar refractivity (Wildman–Crippen MR) is 73.4 cm³/mol. The Morgan fingerprint density at radius 3 is 2.47 bits per heavy atom. The molecule has 0 aliphatic heterocycles. The van der Waals surface area contributed by atoms with Crippen molar-refractivity contribution in [3.8, 4) is 5.75 Å². The monoisotopic (exact) mass is 235 g/mol. The highest BCUT2D eigenvalue weighted by atomic mass is 16.5. The second kappa shape index (κ2) is 8.13. The average Bonchev–Trinajstić information content (AvgIpc) is 2.38. The SMILES string of the molecule is CCCNCc1ccccc1OC(CC)CC. The summed E-state index contributed by atoms with van der Waals surface area (Å²) in [5, 5.41) is 3.42. The minimum atomic E-state index is 0.335. The number of ether oxygens (including phenoxy) is 1. The van der Waals surface area contributed by atoms with Crippen molar-refractivity contribution in [2.75, 3.05) is 6.54 Å². The van der Waals surface area contributed by atoms with E-state index in [0.717, 1.165) is 38.1 Å². The van der Waals surface area contributed by atoms with Crippen molar-refractivity contribution in [2.45, 2.75) is 52.7 Å². The highest BCUT2D eigenvalue weighted by Gasteiger charge is 2.08. The van der Waals surface area contributed by atoms with E-state index in [0.29, 0.717) is 6.10 Å². The van der Waals surface area contributed by atoms with E-state index in [1.165, 1.54) is 5.56 Å². The van der Waals surface area contributed by atoms with Crippen LogP contribution >= 0.6 is 0 Å². The highest BCUT2D eigenvalue weighted by molar-refractivity contribution is 5.33. The first-order chi connectivity index (χ1) is 8.31. The Bertz CT molecular complexity index is 308. The summed E-state index contributed by atoms with van der Waals surface area (Å²) in [7, 11) is 0. The first-order valence-corrected chi connectivity index (χ1v) is 6.77. The molecule has 0 unspecified atom stereocenters. The standard InChI is InChI=1S/C15H25NO/c1-4-11-16-12-13-9-7-8-10-15(13)17-14(5-2)6-3/h7-10,14,16H,4-6,11-12H2,1-3H3. The fourth-order valence-electron chi connectivity index (χ4n) is 1.80. The van der Waals surface area contributed by atoms with Crippen molar-refractivity contribution >= 4 is 0 Å². The van der Waals surface area contributed by atoms with E-state index < -0.39 is 0 Å². The molecule has 1 aromatic carbocycles. The molecule has 0 saturated heterocycles. The molecule has 0 aliphatic carbocycles. The van der Waals surface area contributed by atoms with Gasteiger partial charge in [-0.25, -0.2) is 0 Å². The van der Waals surface area contributed by atoms with Gasteiger partial charge in [-0.15, -0.1) is 0 Å². The van der Waals surface area contributed by atoms with Crippen molar-refractivity contribution in [1.82, 2.24) is 5.32 Å². The van der Waals surface area contributed by atoms with Crippen LogP contribution in [0.3, 0.4) is 0 Å². The van der Waals surface area contributed by atoms with E-state index in [2.05, 4.69) is 44.3 Å². The second-order valence-corrected chi connectivity index (χ2v) is 4.34. The van der Waals surface area contributed by atoms with E-state index in [9.17, 15) is 0 Å². The Balaban J connectivity index is 2.63. The minimum absolute atomic E-state index is 0.335. The summed E-state index contributed by atoms with van der Waals surface area (Å²) in [6.45, 7) is 8.47. The van der Waals surface area contributed by atoms with Crippen LogP contribution < -0.4 is 10.1 Å². The summed E-state index contributed by atoms with van der Waals surface area (Å²) < 4.78 is 6.03. The van der Waals surface area contributed by atoms with E-state index in [4.69, 9.17) is 4.74 Å². The molecule has 1 aromatic rings. The fourth-order valence-corrected chi connectivity index (χ4v) is 1.80. The maximum absolute atomic E-state index is 6.03. The maximum atomic E-state index is 6.03. The van der Waals surface area contributed by atoms with Crippen LogP contribution in [0.1, 0.15) is 45.6 Å². The van der Waals surface area contributed by atoms with Gasteiger partial charge in [-0.1, -0.05) is 39.0 Å². The van der Waals surface area contributed by atoms with Gasteiger partial charge in [-0.3, -0.25) is 0 Å². The summed E-state index contributed by atoms with van der Waals surface area (Å²) in [6.07, 6.45) is 3.62. The molecule has 0 radical (unpaired) electrons. The van der Waals surface area contributed by atoms with Gasteiger partial charge in [0, 0.05) is 12.1 Å². The molecule has 0 fully saturated rings. The van der Waals surface area contributed by atoms with E-state index in [1.54, 1.807) is 0 Å². The summed E-state index contributed by atoms with van der Waals surface area (Å²) in [4.78, 5) is 0. The Morgan fingerprint density at radius 2 is 1.82 bits per heavy atom. The smallest absolute Gasteiger partial charge is 0.124 e. The molecule has 1 rings (SSSR count). The summed E-state index contributed by atoms with van der Waals surface area (Å²) in [6, 6.07) is 8.32. The Labute approximate surface area is 105 Å². The molecule has 0 amide bonds. The van der Waals surface area contributed by atoms with Crippen molar-refractivity contribution in [3.05, 3.63) is 29.8 Å². The molecule has 0 spiro atoms. The van der Waals surface area contributed by atoms with Gasteiger partial charge in [-0.2, -0.15) is 0 Å². The van der Waals surface area contributed by atoms with Gasteiger partial charge in [-0.05, 0) is 31.9 Å². The van der Waals surface area contributed by atoms with Gasteiger partial charge in [0.1, 0.15) is 5.75 Å². The van der Waals surface area contributed by atoms with Crippen LogP contribution in [0.5, 0.6) is 5.75 Å². The van der Waals surface area contributed by atoms with Crippen LogP contribution in [0.15, 0.2) is 24.3 Å². The zero-order valence-electron chi connectivity index (χ0n) is 11.3. The predicted octanol–water partition coefficient (Wildman–Crippen LogP) is 3.75. The van der Waals surface area contributed by atoms with Crippen molar-refractivity contribution in [1.29, 1.82) is 0 Å². The molecule has 2 heteroatoms. The molecule has 0 heterocycles. The molecule has 0 aromatic heterocycles. The van der Waals surface area contributed by atoms with Crippen LogP contribution in [0, 0.1) is 0 Å². The Kier molecular flexibility index (Phi) is 6.71. The van der Waals surface area contributed by atoms with Gasteiger partial charge < -0.3 is 10.1 Å². The maximum Gasteiger partial charge on any atom is 0.124 e. The van der Waals surface area contributed by atoms with E-state index in [-0.39, 0.29) is 0 Å². The molecular weight excluding hydrogens is 210 g/mol. The summed E-state index contributed by atoms with van der Waals surface area (Å²) in [5.74, 6) is 1.03. The normalized spacial score (nSPS) is 10.8. The zero-order chi connectivity index (χ0) is 12.5. The quantitative estimate of drug-likeness (QED) is 0.693. The van der Waals surface area contributed by atoms with Gasteiger partial charge >= 0.3 is 0 Å². The molecular formula is C15H25NO. The summed E-state index contributed by atoms with van der Waals surface area (Å²) >= 11 is 0. The lowest BCUT2D eigenvalue weighted by Crippen LogP contribution is -2.18. The van der Waals surface area contributed by atoms with Crippen molar-refractivity contribution < 1.29 is 4.74 Å². The lowest BCUT2D eigenvalue weighted by atomic mass is 10.1. The molecule has 0 saturated carbocycles. The fraction of sp³-hybridized carbons (Fsp3) is 0.600. The zero-order valence-corrected chi connectivity index (χ0v) is 11.3. The number of benzene rings is 1. The third-order valence-corrected chi connectivity index (χ3v) is 2.92. The summed E-state index contributed by atoms with van der Waals surface area (Å²) in [5.41, 5.74) is 1.26. The molecule has 96 valence electrons. The molecule has 17 heavy (non-hydrogen) atoms. The van der Waals surface area contributed by atoms with E-state index in [1.807, 2.05) is 6.07 Å². The minimum Gasteiger partial charge on any atom is -0.490 e. The van der Waals surface area contributed by atoms with Crippen LogP contribution in [-0.4, -0.2) is 12.6 Å². The van der Waals surface area contributed by atoms with Crippen LogP contribution in [0.2, 0.25) is 0 Å². The molecule has 2 nitrogen and oxygen atoms in total. The molecule has 0 bridgehead atoms. The van der Waals surface area contributed by atoms with E-state index >= 15 is 0 Å². The highest BCUT2D eigenvalue weighted by Crippen LogP contribution is 2.20. The van der Waals surface area contributed by atoms with Crippen LogP contribution in [0.25, 0.3) is 0 Å². The number of para-hydroxylation sites is 1. The third-order valence-electron chi connectivity index (χ3n) is 2.92. The lowest BCUT2D eigenvalue weighted by molar-refractivity contribution is 0.190. The van der Waals surface area contributed by atoms with Crippen molar-refractivity contribution in [2.24, 2.45) is 0 Å². The Morgan fingerprint density at radius 1 is 1.12 bits per heavy atom. The van der Waals surface area contributed by atoms with Gasteiger partial charge in [0.15, 0.2) is 0 Å². The number of nitrogens with one attached hydrogen (secondary N) is 1. The molecule has 0 aliphatic rings. The third kappa shape index (κ3) is 4.78. The number of rotatable bonds is 8. The van der Waals surface area contributed by atoms with Gasteiger partial charge in [0.25, 0.3) is 0 Å². The lowest BCUT2D eigenvalue weighted by Gasteiger charge is -2.18. The largest absolute Gasteiger partial charge is 0.490 e.